The Hall–Kier alpha value is 0.510. The predicted molar refractivity (Wildman–Crippen MR) is 80.9 cm³/mol. The van der Waals surface area contributed by atoms with Crippen LogP contribution in [-0.2, 0) is 7.05 Å². The highest BCUT2D eigenvalue weighted by molar-refractivity contribution is 8.37. The monoisotopic (exact) mass is 303 g/mol. The predicted octanol–water partition coefficient (Wildman–Crippen LogP) is 4.99. The van der Waals surface area contributed by atoms with Crippen molar-refractivity contribution in [3.8, 4) is 0 Å². The zero-order valence-electron chi connectivity index (χ0n) is 8.72. The molecule has 0 spiro atoms. The highest BCUT2D eigenvalue weighted by atomic mass is 32.2. The second-order valence-electron chi connectivity index (χ2n) is 3.29. The summed E-state index contributed by atoms with van der Waals surface area (Å²) in [6.45, 7) is 0. The van der Waals surface area contributed by atoms with E-state index in [1.807, 2.05) is 58.8 Å². The molecule has 2 aliphatic rings. The van der Waals surface area contributed by atoms with Gasteiger partial charge >= 0.3 is 0 Å². The largest absolute Gasteiger partial charge is 0.355 e. The summed E-state index contributed by atoms with van der Waals surface area (Å²) in [5, 5.41) is 2.25. The molecule has 16 heavy (non-hydrogen) atoms. The molecule has 0 fully saturated rings. The molecule has 6 heteroatoms. The Morgan fingerprint density at radius 3 is 2.31 bits per heavy atom. The van der Waals surface area contributed by atoms with Gasteiger partial charge in [0.15, 0.2) is 0 Å². The van der Waals surface area contributed by atoms with Crippen LogP contribution in [0.1, 0.15) is 0 Å². The van der Waals surface area contributed by atoms with Gasteiger partial charge in [-0.05, 0) is 11.7 Å². The summed E-state index contributed by atoms with van der Waals surface area (Å²) in [5.74, 6) is 0. The average Bonchev–Trinajstić information content (AvgIpc) is 2.88. The van der Waals surface area contributed by atoms with E-state index in [1.165, 1.54) is 22.5 Å². The third kappa shape index (κ3) is 2.10. The first-order chi connectivity index (χ1) is 7.76. The third-order valence-electron chi connectivity index (χ3n) is 2.11. The molecule has 0 atom stereocenters. The van der Waals surface area contributed by atoms with Crippen LogP contribution in [0, 0.1) is 0 Å². The van der Waals surface area contributed by atoms with Gasteiger partial charge in [0.25, 0.3) is 0 Å². The van der Waals surface area contributed by atoms with E-state index in [9.17, 15) is 0 Å². The van der Waals surface area contributed by atoms with Crippen molar-refractivity contribution in [2.24, 2.45) is 7.05 Å². The second-order valence-corrected chi connectivity index (χ2v) is 8.95. The maximum absolute atomic E-state index is 2.25. The van der Waals surface area contributed by atoms with Crippen molar-refractivity contribution in [3.63, 3.8) is 0 Å². The molecule has 0 N–H and O–H groups in total. The van der Waals surface area contributed by atoms with Crippen LogP contribution in [-0.4, -0.2) is 10.8 Å². The maximum atomic E-state index is 2.25. The van der Waals surface area contributed by atoms with Crippen molar-refractivity contribution in [3.05, 3.63) is 30.5 Å². The van der Waals surface area contributed by atoms with Gasteiger partial charge < -0.3 is 4.57 Å². The molecule has 1 nitrogen and oxygen atoms in total. The zero-order chi connectivity index (χ0) is 11.1. The molecule has 3 rings (SSSR count). The minimum Gasteiger partial charge on any atom is -0.355 e. The van der Waals surface area contributed by atoms with Gasteiger partial charge in [0.05, 0.1) is 12.7 Å². The molecular weight excluding hydrogens is 294 g/mol. The lowest BCUT2D eigenvalue weighted by Crippen LogP contribution is -1.78. The summed E-state index contributed by atoms with van der Waals surface area (Å²) in [6.07, 6.45) is 6.54. The average molecular weight is 304 g/mol. The molecule has 0 aromatic carbocycles. The summed E-state index contributed by atoms with van der Waals surface area (Å²) in [6, 6.07) is 0. The van der Waals surface area contributed by atoms with Crippen molar-refractivity contribution >= 4 is 58.8 Å². The zero-order valence-corrected chi connectivity index (χ0v) is 12.8. The van der Waals surface area contributed by atoms with E-state index in [4.69, 9.17) is 0 Å². The number of aryl methyl sites for hydroxylation is 1. The van der Waals surface area contributed by atoms with Crippen LogP contribution in [0.4, 0.5) is 0 Å². The highest BCUT2D eigenvalue weighted by Gasteiger charge is 2.25. The fourth-order valence-corrected chi connectivity index (χ4v) is 7.50. The topological polar surface area (TPSA) is 4.93 Å². The lowest BCUT2D eigenvalue weighted by Gasteiger charge is -2.01. The number of hydrogen-bond donors (Lipinski definition) is 0. The molecule has 2 aliphatic heterocycles. The summed E-state index contributed by atoms with van der Waals surface area (Å²) in [4.78, 5) is 2.79. The molecule has 0 amide bonds. The van der Waals surface area contributed by atoms with Gasteiger partial charge in [0.2, 0.25) is 0 Å². The van der Waals surface area contributed by atoms with Gasteiger partial charge in [-0.15, -0.1) is 11.8 Å². The summed E-state index contributed by atoms with van der Waals surface area (Å²) < 4.78 is 6.43. The Bertz CT molecular complexity index is 474. The number of rotatable bonds is 1. The standard InChI is InChI=1S/C10H9NS5/c1-11-3-6-7(4-11)15-10(14-6)9-13-5-8(12-2)16-9/h3-5H,1-2H3. The smallest absolute Gasteiger partial charge is 0.0707 e. The molecular formula is C10H9NS5. The molecule has 1 aromatic heterocycles. The van der Waals surface area contributed by atoms with E-state index < -0.39 is 0 Å². The van der Waals surface area contributed by atoms with Gasteiger partial charge in [-0.2, -0.15) is 0 Å². The minimum atomic E-state index is 1.40. The van der Waals surface area contributed by atoms with Crippen LogP contribution < -0.4 is 0 Å². The van der Waals surface area contributed by atoms with E-state index in [0.29, 0.717) is 0 Å². The SMILES string of the molecule is CSC1=CSC(=C2Sc3cn(C)cc3S2)S1. The van der Waals surface area contributed by atoms with Gasteiger partial charge in [-0.25, -0.2) is 0 Å². The Morgan fingerprint density at radius 2 is 1.75 bits per heavy atom. The van der Waals surface area contributed by atoms with Gasteiger partial charge in [0, 0.05) is 29.2 Å². The molecule has 3 heterocycles. The van der Waals surface area contributed by atoms with Crippen LogP contribution in [0.3, 0.4) is 0 Å². The molecule has 0 radical (unpaired) electrons. The van der Waals surface area contributed by atoms with E-state index in [1.54, 1.807) is 0 Å². The van der Waals surface area contributed by atoms with Crippen LogP contribution in [0.5, 0.6) is 0 Å². The fraction of sp³-hybridized carbons (Fsp3) is 0.200. The quantitative estimate of drug-likeness (QED) is 0.718. The number of thioether (sulfide) groups is 5. The Morgan fingerprint density at radius 1 is 1.06 bits per heavy atom. The van der Waals surface area contributed by atoms with Crippen molar-refractivity contribution < 1.29 is 0 Å². The second kappa shape index (κ2) is 4.65. The van der Waals surface area contributed by atoms with Crippen molar-refractivity contribution in [1.82, 2.24) is 4.57 Å². The number of aromatic nitrogens is 1. The van der Waals surface area contributed by atoms with Gasteiger partial charge in [-0.3, -0.25) is 0 Å². The first-order valence-electron chi connectivity index (χ1n) is 4.61. The van der Waals surface area contributed by atoms with Crippen LogP contribution in [0.2, 0.25) is 0 Å². The van der Waals surface area contributed by atoms with E-state index >= 15 is 0 Å². The van der Waals surface area contributed by atoms with Gasteiger partial charge in [0.1, 0.15) is 0 Å². The highest BCUT2D eigenvalue weighted by Crippen LogP contribution is 2.59. The first kappa shape index (κ1) is 11.6. The fourth-order valence-electron chi connectivity index (χ4n) is 1.41. The Kier molecular flexibility index (Phi) is 3.37. The van der Waals surface area contributed by atoms with E-state index in [2.05, 4.69) is 35.7 Å². The van der Waals surface area contributed by atoms with E-state index in [0.717, 1.165) is 0 Å². The summed E-state index contributed by atoms with van der Waals surface area (Å²) in [5.41, 5.74) is 0. The van der Waals surface area contributed by atoms with Crippen LogP contribution in [0.15, 0.2) is 40.3 Å². The molecule has 0 unspecified atom stereocenters. The summed E-state index contributed by atoms with van der Waals surface area (Å²) in [7, 11) is 2.08. The normalized spacial score (nSPS) is 19.2. The number of hydrogen-bond acceptors (Lipinski definition) is 5. The Balaban J connectivity index is 1.81. The third-order valence-corrected chi connectivity index (χ3v) is 8.72. The molecule has 1 aromatic rings. The first-order valence-corrected chi connectivity index (χ1v) is 9.16. The lowest BCUT2D eigenvalue weighted by atomic mass is 10.7. The van der Waals surface area contributed by atoms with Crippen molar-refractivity contribution in [2.45, 2.75) is 9.79 Å². The molecule has 0 bridgehead atoms. The van der Waals surface area contributed by atoms with Crippen LogP contribution >= 0.6 is 58.8 Å². The molecule has 0 saturated carbocycles. The van der Waals surface area contributed by atoms with Crippen molar-refractivity contribution in [1.29, 1.82) is 0 Å². The molecule has 0 saturated heterocycles. The number of nitrogens with zero attached hydrogens (tertiary/aromatic N) is 1. The maximum Gasteiger partial charge on any atom is 0.0707 e. The molecule has 84 valence electrons. The lowest BCUT2D eigenvalue weighted by molar-refractivity contribution is 0.916. The van der Waals surface area contributed by atoms with E-state index in [-0.39, 0.29) is 0 Å². The van der Waals surface area contributed by atoms with Gasteiger partial charge in [-0.1, -0.05) is 47.0 Å². The minimum absolute atomic E-state index is 1.40. The number of fused-ring (bicyclic) bond motifs is 1. The van der Waals surface area contributed by atoms with Crippen LogP contribution in [0.25, 0.3) is 0 Å². The summed E-state index contributed by atoms with van der Waals surface area (Å²) >= 11 is 9.40. The Labute approximate surface area is 116 Å². The molecule has 0 aliphatic carbocycles. The van der Waals surface area contributed by atoms with Crippen molar-refractivity contribution in [2.75, 3.05) is 6.26 Å².